The number of rotatable bonds is 5. The van der Waals surface area contributed by atoms with Gasteiger partial charge in [0.25, 0.3) is 11.8 Å². The lowest BCUT2D eigenvalue weighted by atomic mass is 10.0. The molecule has 1 atom stereocenters. The highest BCUT2D eigenvalue weighted by Gasteiger charge is 2.28. The van der Waals surface area contributed by atoms with Crippen LogP contribution in [0.15, 0.2) is 48.7 Å². The number of likely N-dealkylation sites (tertiary alicyclic amines) is 1. The summed E-state index contributed by atoms with van der Waals surface area (Å²) < 4.78 is 5.65. The molecule has 1 aliphatic heterocycles. The van der Waals surface area contributed by atoms with E-state index in [1.54, 1.807) is 48.4 Å². The fourth-order valence-corrected chi connectivity index (χ4v) is 3.04. The molecule has 0 aliphatic carbocycles. The quantitative estimate of drug-likeness (QED) is 0.841. The number of hydrogen-bond acceptors (Lipinski definition) is 5. The molecule has 2 heterocycles. The second kappa shape index (κ2) is 8.53. The Morgan fingerprint density at radius 1 is 1.19 bits per heavy atom. The van der Waals surface area contributed by atoms with E-state index in [4.69, 9.17) is 4.74 Å². The van der Waals surface area contributed by atoms with Gasteiger partial charge in [-0.3, -0.25) is 14.6 Å². The lowest BCUT2D eigenvalue weighted by molar-refractivity contribution is -0.139. The van der Waals surface area contributed by atoms with Crippen LogP contribution >= 0.6 is 0 Å². The third-order valence-electron chi connectivity index (χ3n) is 4.54. The summed E-state index contributed by atoms with van der Waals surface area (Å²) in [6.45, 7) is 2.84. The minimum atomic E-state index is -0.616. The molecule has 0 bridgehead atoms. The van der Waals surface area contributed by atoms with E-state index in [2.05, 4.69) is 10.3 Å². The minimum Gasteiger partial charge on any atom is -0.508 e. The molecule has 2 amide bonds. The van der Waals surface area contributed by atoms with E-state index >= 15 is 0 Å². The van der Waals surface area contributed by atoms with Gasteiger partial charge in [-0.1, -0.05) is 6.07 Å². The van der Waals surface area contributed by atoms with E-state index in [9.17, 15) is 14.7 Å². The van der Waals surface area contributed by atoms with Gasteiger partial charge in [0.2, 0.25) is 0 Å². The Morgan fingerprint density at radius 3 is 2.52 bits per heavy atom. The first-order chi connectivity index (χ1) is 13.0. The number of hydrogen-bond donors (Lipinski definition) is 2. The molecule has 7 heteroatoms. The number of ether oxygens (including phenoxy) is 1. The number of amides is 2. The van der Waals surface area contributed by atoms with Crippen molar-refractivity contribution < 1.29 is 19.4 Å². The summed E-state index contributed by atoms with van der Waals surface area (Å²) in [5.74, 6) is 0.407. The maximum absolute atomic E-state index is 12.6. The van der Waals surface area contributed by atoms with Crippen LogP contribution in [0.2, 0.25) is 0 Å². The SMILES string of the molecule is CC(Oc1ccc(O)cc1)C(=O)N1CCC(NC(=O)c2ccccn2)CC1. The standard InChI is InChI=1S/C20H23N3O4/c1-14(27-17-7-5-16(24)6-8-17)20(26)23-12-9-15(10-13-23)22-19(25)18-4-2-3-11-21-18/h2-8,11,14-15,24H,9-10,12-13H2,1H3,(H,22,25). The number of aromatic nitrogens is 1. The third-order valence-corrected chi connectivity index (χ3v) is 4.54. The van der Waals surface area contributed by atoms with Gasteiger partial charge in [0.15, 0.2) is 6.10 Å². The fraction of sp³-hybridized carbons (Fsp3) is 0.350. The molecule has 0 saturated carbocycles. The molecule has 2 N–H and O–H groups in total. The van der Waals surface area contributed by atoms with Crippen LogP contribution in [-0.2, 0) is 4.79 Å². The normalized spacial score (nSPS) is 15.8. The zero-order valence-electron chi connectivity index (χ0n) is 15.2. The summed E-state index contributed by atoms with van der Waals surface area (Å²) in [5.41, 5.74) is 0.395. The first-order valence-electron chi connectivity index (χ1n) is 8.99. The molecule has 1 aromatic carbocycles. The maximum Gasteiger partial charge on any atom is 0.270 e. The van der Waals surface area contributed by atoms with Gasteiger partial charge in [-0.15, -0.1) is 0 Å². The van der Waals surface area contributed by atoms with Crippen LogP contribution in [0.3, 0.4) is 0 Å². The van der Waals surface area contributed by atoms with Crippen molar-refractivity contribution in [2.45, 2.75) is 31.9 Å². The second-order valence-corrected chi connectivity index (χ2v) is 6.54. The molecule has 142 valence electrons. The van der Waals surface area contributed by atoms with Crippen molar-refractivity contribution in [1.29, 1.82) is 0 Å². The third kappa shape index (κ3) is 4.97. The average Bonchev–Trinajstić information content (AvgIpc) is 2.70. The molecule has 2 aromatic rings. The Bertz CT molecular complexity index is 772. The number of nitrogens with zero attached hydrogens (tertiary/aromatic N) is 2. The Kier molecular flexibility index (Phi) is 5.90. The molecule has 1 fully saturated rings. The summed E-state index contributed by atoms with van der Waals surface area (Å²) in [5, 5.41) is 12.3. The Balaban J connectivity index is 1.47. The zero-order chi connectivity index (χ0) is 19.2. The van der Waals surface area contributed by atoms with E-state index in [1.165, 1.54) is 12.1 Å². The molecule has 3 rings (SSSR count). The first kappa shape index (κ1) is 18.7. The lowest BCUT2D eigenvalue weighted by Gasteiger charge is -2.33. The number of pyridine rings is 1. The second-order valence-electron chi connectivity index (χ2n) is 6.54. The highest BCUT2D eigenvalue weighted by molar-refractivity contribution is 5.92. The van der Waals surface area contributed by atoms with Crippen LogP contribution in [0, 0.1) is 0 Å². The van der Waals surface area contributed by atoms with Crippen LogP contribution in [0.25, 0.3) is 0 Å². The van der Waals surface area contributed by atoms with Gasteiger partial charge in [0.1, 0.15) is 17.2 Å². The number of aromatic hydroxyl groups is 1. The number of nitrogens with one attached hydrogen (secondary N) is 1. The van der Waals surface area contributed by atoms with Crippen molar-refractivity contribution in [3.05, 3.63) is 54.4 Å². The minimum absolute atomic E-state index is 0.0249. The van der Waals surface area contributed by atoms with Crippen molar-refractivity contribution in [2.24, 2.45) is 0 Å². The molecule has 0 spiro atoms. The summed E-state index contributed by atoms with van der Waals surface area (Å²) in [4.78, 5) is 30.6. The van der Waals surface area contributed by atoms with E-state index in [0.29, 0.717) is 37.4 Å². The maximum atomic E-state index is 12.6. The number of benzene rings is 1. The number of piperidine rings is 1. The van der Waals surface area contributed by atoms with Crippen molar-refractivity contribution in [1.82, 2.24) is 15.2 Å². The lowest BCUT2D eigenvalue weighted by Crippen LogP contribution is -2.49. The summed E-state index contributed by atoms with van der Waals surface area (Å²) in [6, 6.07) is 11.5. The zero-order valence-corrected chi connectivity index (χ0v) is 15.2. The van der Waals surface area contributed by atoms with Gasteiger partial charge in [-0.25, -0.2) is 0 Å². The predicted octanol–water partition coefficient (Wildman–Crippen LogP) is 1.98. The highest BCUT2D eigenvalue weighted by Crippen LogP contribution is 2.19. The average molecular weight is 369 g/mol. The Labute approximate surface area is 158 Å². The van der Waals surface area contributed by atoms with Crippen LogP contribution in [0.1, 0.15) is 30.3 Å². The first-order valence-corrected chi connectivity index (χ1v) is 8.99. The smallest absolute Gasteiger partial charge is 0.270 e. The highest BCUT2D eigenvalue weighted by atomic mass is 16.5. The van der Waals surface area contributed by atoms with Gasteiger partial charge in [-0.05, 0) is 56.2 Å². The van der Waals surface area contributed by atoms with E-state index < -0.39 is 6.10 Å². The largest absolute Gasteiger partial charge is 0.508 e. The van der Waals surface area contributed by atoms with Gasteiger partial charge in [0, 0.05) is 25.3 Å². The van der Waals surface area contributed by atoms with E-state index in [-0.39, 0.29) is 23.6 Å². The topological polar surface area (TPSA) is 91.8 Å². The van der Waals surface area contributed by atoms with Crippen LogP contribution in [0.5, 0.6) is 11.5 Å². The summed E-state index contributed by atoms with van der Waals surface area (Å²) in [6.07, 6.45) is 2.35. The van der Waals surface area contributed by atoms with Crippen LogP contribution < -0.4 is 10.1 Å². The van der Waals surface area contributed by atoms with Gasteiger partial charge < -0.3 is 20.1 Å². The molecule has 1 unspecified atom stereocenters. The number of carbonyl (C=O) groups excluding carboxylic acids is 2. The molecule has 1 aromatic heterocycles. The molecule has 1 saturated heterocycles. The van der Waals surface area contributed by atoms with Gasteiger partial charge in [-0.2, -0.15) is 0 Å². The predicted molar refractivity (Wildman–Crippen MR) is 99.5 cm³/mol. The van der Waals surface area contributed by atoms with E-state index in [0.717, 1.165) is 0 Å². The Morgan fingerprint density at radius 2 is 1.89 bits per heavy atom. The van der Waals surface area contributed by atoms with Crippen molar-refractivity contribution in [3.8, 4) is 11.5 Å². The number of phenolic OH excluding ortho intramolecular Hbond substituents is 1. The molecule has 7 nitrogen and oxygen atoms in total. The summed E-state index contributed by atoms with van der Waals surface area (Å²) >= 11 is 0. The number of phenols is 1. The molecule has 0 radical (unpaired) electrons. The van der Waals surface area contributed by atoms with Crippen molar-refractivity contribution in [2.75, 3.05) is 13.1 Å². The molecular weight excluding hydrogens is 346 g/mol. The van der Waals surface area contributed by atoms with Crippen molar-refractivity contribution >= 4 is 11.8 Å². The monoisotopic (exact) mass is 369 g/mol. The van der Waals surface area contributed by atoms with Gasteiger partial charge in [0.05, 0.1) is 0 Å². The fourth-order valence-electron chi connectivity index (χ4n) is 3.04. The summed E-state index contributed by atoms with van der Waals surface area (Å²) in [7, 11) is 0. The van der Waals surface area contributed by atoms with Gasteiger partial charge >= 0.3 is 0 Å². The molecule has 1 aliphatic rings. The molecule has 27 heavy (non-hydrogen) atoms. The van der Waals surface area contributed by atoms with Crippen LogP contribution in [-0.4, -0.2) is 52.0 Å². The number of carbonyl (C=O) groups is 2. The van der Waals surface area contributed by atoms with Crippen molar-refractivity contribution in [3.63, 3.8) is 0 Å². The molecular formula is C20H23N3O4. The van der Waals surface area contributed by atoms with E-state index in [1.807, 2.05) is 0 Å². The Hall–Kier alpha value is -3.09. The van der Waals surface area contributed by atoms with Crippen LogP contribution in [0.4, 0.5) is 0 Å².